The number of aryl methyl sites for hydroxylation is 1. The van der Waals surface area contributed by atoms with Crippen LogP contribution in [0.3, 0.4) is 0 Å². The van der Waals surface area contributed by atoms with Crippen molar-refractivity contribution in [1.82, 2.24) is 15.1 Å². The van der Waals surface area contributed by atoms with Gasteiger partial charge in [0.15, 0.2) is 5.69 Å². The third kappa shape index (κ3) is 4.16. The fourth-order valence-electron chi connectivity index (χ4n) is 2.87. The van der Waals surface area contributed by atoms with Crippen molar-refractivity contribution in [3.05, 3.63) is 70.1 Å². The topological polar surface area (TPSA) is 73.2 Å². The van der Waals surface area contributed by atoms with Crippen molar-refractivity contribution in [1.29, 1.82) is 0 Å². The van der Waals surface area contributed by atoms with E-state index < -0.39 is 0 Å². The highest BCUT2D eigenvalue weighted by Crippen LogP contribution is 2.14. The van der Waals surface area contributed by atoms with Crippen LogP contribution in [0.2, 0.25) is 0 Å². The SMILES string of the molecule is CCCCn1nc(C(=O)NCc2ccc(OC)cc2)c2ccccc2c1=O. The summed E-state index contributed by atoms with van der Waals surface area (Å²) in [5, 5.41) is 8.32. The molecule has 27 heavy (non-hydrogen) atoms. The number of nitrogens with zero attached hydrogens (tertiary/aromatic N) is 2. The summed E-state index contributed by atoms with van der Waals surface area (Å²) in [6.45, 7) is 2.92. The van der Waals surface area contributed by atoms with E-state index in [1.54, 1.807) is 31.4 Å². The molecule has 1 heterocycles. The van der Waals surface area contributed by atoms with Crippen molar-refractivity contribution >= 4 is 16.7 Å². The van der Waals surface area contributed by atoms with Gasteiger partial charge in [0.25, 0.3) is 11.5 Å². The Morgan fingerprint density at radius 1 is 1.11 bits per heavy atom. The number of fused-ring (bicyclic) bond motifs is 1. The van der Waals surface area contributed by atoms with E-state index in [0.717, 1.165) is 24.2 Å². The Hall–Kier alpha value is -3.15. The van der Waals surface area contributed by atoms with Gasteiger partial charge >= 0.3 is 0 Å². The molecule has 1 N–H and O–H groups in total. The van der Waals surface area contributed by atoms with Gasteiger partial charge in [0.05, 0.1) is 12.5 Å². The number of nitrogens with one attached hydrogen (secondary N) is 1. The van der Waals surface area contributed by atoms with Gasteiger partial charge < -0.3 is 10.1 Å². The molecule has 1 aromatic heterocycles. The zero-order valence-corrected chi connectivity index (χ0v) is 15.6. The van der Waals surface area contributed by atoms with Crippen molar-refractivity contribution in [2.45, 2.75) is 32.9 Å². The Bertz CT molecular complexity index is 994. The second-order valence-electron chi connectivity index (χ2n) is 6.31. The van der Waals surface area contributed by atoms with Crippen LogP contribution in [0.1, 0.15) is 35.8 Å². The first-order valence-electron chi connectivity index (χ1n) is 9.05. The fourth-order valence-corrected chi connectivity index (χ4v) is 2.87. The zero-order chi connectivity index (χ0) is 19.2. The predicted molar refractivity (Wildman–Crippen MR) is 105 cm³/mol. The molecule has 0 aliphatic rings. The first-order chi connectivity index (χ1) is 13.1. The van der Waals surface area contributed by atoms with Gasteiger partial charge in [0.2, 0.25) is 0 Å². The molecule has 6 nitrogen and oxygen atoms in total. The standard InChI is InChI=1S/C21H23N3O3/c1-3-4-13-24-21(26)18-8-6-5-7-17(18)19(23-24)20(25)22-14-15-9-11-16(27-2)12-10-15/h5-12H,3-4,13-14H2,1-2H3,(H,22,25). The number of hydrogen-bond donors (Lipinski definition) is 1. The Balaban J connectivity index is 1.88. The van der Waals surface area contributed by atoms with E-state index in [2.05, 4.69) is 17.3 Å². The minimum Gasteiger partial charge on any atom is -0.497 e. The highest BCUT2D eigenvalue weighted by atomic mass is 16.5. The summed E-state index contributed by atoms with van der Waals surface area (Å²) in [4.78, 5) is 25.4. The third-order valence-electron chi connectivity index (χ3n) is 4.42. The number of unbranched alkanes of at least 4 members (excludes halogenated alkanes) is 1. The van der Waals surface area contributed by atoms with Crippen molar-refractivity contribution in [2.75, 3.05) is 7.11 Å². The minimum absolute atomic E-state index is 0.161. The van der Waals surface area contributed by atoms with E-state index in [1.807, 2.05) is 24.3 Å². The summed E-state index contributed by atoms with van der Waals surface area (Å²) >= 11 is 0. The van der Waals surface area contributed by atoms with Crippen molar-refractivity contribution in [3.8, 4) is 5.75 Å². The zero-order valence-electron chi connectivity index (χ0n) is 15.6. The van der Waals surface area contributed by atoms with E-state index in [9.17, 15) is 9.59 Å². The lowest BCUT2D eigenvalue weighted by atomic mass is 10.1. The van der Waals surface area contributed by atoms with E-state index in [4.69, 9.17) is 4.74 Å². The molecule has 1 amide bonds. The normalized spacial score (nSPS) is 10.7. The van der Waals surface area contributed by atoms with Gasteiger partial charge in [0.1, 0.15) is 5.75 Å². The van der Waals surface area contributed by atoms with Gasteiger partial charge in [-0.05, 0) is 30.2 Å². The van der Waals surface area contributed by atoms with Crippen molar-refractivity contribution in [2.24, 2.45) is 0 Å². The quantitative estimate of drug-likeness (QED) is 0.698. The van der Waals surface area contributed by atoms with Crippen LogP contribution in [0.5, 0.6) is 5.75 Å². The maximum absolute atomic E-state index is 12.8. The first kappa shape index (κ1) is 18.6. The number of hydrogen-bond acceptors (Lipinski definition) is 4. The lowest BCUT2D eigenvalue weighted by Crippen LogP contribution is -2.30. The van der Waals surface area contributed by atoms with Crippen LogP contribution in [0.4, 0.5) is 0 Å². The number of aromatic nitrogens is 2. The van der Waals surface area contributed by atoms with E-state index in [0.29, 0.717) is 23.9 Å². The van der Waals surface area contributed by atoms with Crippen molar-refractivity contribution < 1.29 is 9.53 Å². The number of benzene rings is 2. The Morgan fingerprint density at radius 3 is 2.48 bits per heavy atom. The van der Waals surface area contributed by atoms with Crippen LogP contribution in [0.15, 0.2) is 53.3 Å². The number of rotatable bonds is 7. The lowest BCUT2D eigenvalue weighted by Gasteiger charge is -2.11. The number of ether oxygens (including phenoxy) is 1. The summed E-state index contributed by atoms with van der Waals surface area (Å²) in [6, 6.07) is 14.6. The molecular weight excluding hydrogens is 342 g/mol. The van der Waals surface area contributed by atoms with Gasteiger partial charge in [-0.3, -0.25) is 9.59 Å². The van der Waals surface area contributed by atoms with Crippen LogP contribution in [0.25, 0.3) is 10.8 Å². The molecule has 0 saturated carbocycles. The highest BCUT2D eigenvalue weighted by molar-refractivity contribution is 6.04. The van der Waals surface area contributed by atoms with Crippen molar-refractivity contribution in [3.63, 3.8) is 0 Å². The summed E-state index contributed by atoms with van der Waals surface area (Å²) in [6.07, 6.45) is 1.78. The molecule has 0 spiro atoms. The van der Waals surface area contributed by atoms with Crippen LogP contribution in [-0.4, -0.2) is 22.8 Å². The molecule has 3 rings (SSSR count). The molecular formula is C21H23N3O3. The molecule has 0 saturated heterocycles. The molecule has 0 bridgehead atoms. The molecule has 3 aromatic rings. The number of carbonyl (C=O) groups excluding carboxylic acids is 1. The summed E-state index contributed by atoms with van der Waals surface area (Å²) in [5.41, 5.74) is 1.06. The Morgan fingerprint density at radius 2 is 1.81 bits per heavy atom. The first-order valence-corrected chi connectivity index (χ1v) is 9.05. The molecule has 0 radical (unpaired) electrons. The largest absolute Gasteiger partial charge is 0.497 e. The summed E-state index contributed by atoms with van der Waals surface area (Å²) in [7, 11) is 1.61. The molecule has 0 unspecified atom stereocenters. The number of carbonyl (C=O) groups is 1. The van der Waals surface area contributed by atoms with Gasteiger partial charge in [0, 0.05) is 18.5 Å². The maximum atomic E-state index is 12.8. The van der Waals surface area contributed by atoms with Crippen LogP contribution >= 0.6 is 0 Å². The van der Waals surface area contributed by atoms with Gasteiger partial charge in [-0.15, -0.1) is 0 Å². The lowest BCUT2D eigenvalue weighted by molar-refractivity contribution is 0.0945. The fraction of sp³-hybridized carbons (Fsp3) is 0.286. The van der Waals surface area contributed by atoms with Crippen LogP contribution in [0, 0.1) is 0 Å². The second kappa shape index (κ2) is 8.49. The number of methoxy groups -OCH3 is 1. The maximum Gasteiger partial charge on any atom is 0.274 e. The van der Waals surface area contributed by atoms with Crippen LogP contribution < -0.4 is 15.6 Å². The summed E-state index contributed by atoms with van der Waals surface area (Å²) < 4.78 is 6.54. The van der Waals surface area contributed by atoms with Gasteiger partial charge in [-0.2, -0.15) is 5.10 Å². The monoisotopic (exact) mass is 365 g/mol. The number of amides is 1. The van der Waals surface area contributed by atoms with Crippen LogP contribution in [-0.2, 0) is 13.1 Å². The highest BCUT2D eigenvalue weighted by Gasteiger charge is 2.16. The average molecular weight is 365 g/mol. The predicted octanol–water partition coefficient (Wildman–Crippen LogP) is 3.14. The molecule has 2 aromatic carbocycles. The molecule has 0 aliphatic heterocycles. The molecule has 6 heteroatoms. The Labute approximate surface area is 157 Å². The average Bonchev–Trinajstić information content (AvgIpc) is 2.72. The smallest absolute Gasteiger partial charge is 0.274 e. The molecule has 0 aliphatic carbocycles. The van der Waals surface area contributed by atoms with Gasteiger partial charge in [-0.25, -0.2) is 4.68 Å². The van der Waals surface area contributed by atoms with E-state index >= 15 is 0 Å². The minimum atomic E-state index is -0.299. The van der Waals surface area contributed by atoms with Gasteiger partial charge in [-0.1, -0.05) is 43.7 Å². The summed E-state index contributed by atoms with van der Waals surface area (Å²) in [5.74, 6) is 0.466. The second-order valence-corrected chi connectivity index (χ2v) is 6.31. The molecule has 0 fully saturated rings. The van der Waals surface area contributed by atoms with E-state index in [-0.39, 0.29) is 17.2 Å². The Kier molecular flexibility index (Phi) is 5.86. The van der Waals surface area contributed by atoms with E-state index in [1.165, 1.54) is 4.68 Å². The molecule has 140 valence electrons. The third-order valence-corrected chi connectivity index (χ3v) is 4.42. The molecule has 0 atom stereocenters.